The maximum absolute atomic E-state index is 10.7. The SMILES string of the molecule is CCOC1=c2c(O)cc(C)cc2=NC1=C=O. The molecule has 0 amide bonds. The summed E-state index contributed by atoms with van der Waals surface area (Å²) in [5.41, 5.74) is 0.987. The lowest BCUT2D eigenvalue weighted by molar-refractivity contribution is 0.294. The summed E-state index contributed by atoms with van der Waals surface area (Å²) >= 11 is 0. The van der Waals surface area contributed by atoms with Gasteiger partial charge in [0.2, 0.25) is 0 Å². The van der Waals surface area contributed by atoms with Gasteiger partial charge in [-0.25, -0.2) is 9.79 Å². The normalized spacial score (nSPS) is 13.1. The van der Waals surface area contributed by atoms with E-state index >= 15 is 0 Å². The minimum Gasteiger partial charge on any atom is -0.507 e. The number of phenolic OH excluding ortho intramolecular Hbond substituents is 1. The highest BCUT2D eigenvalue weighted by molar-refractivity contribution is 5.76. The minimum atomic E-state index is 0.0763. The summed E-state index contributed by atoms with van der Waals surface area (Å²) in [6, 6.07) is 3.40. The second-order valence-electron chi connectivity index (χ2n) is 3.50. The fraction of sp³-hybridized carbons (Fsp3) is 0.250. The van der Waals surface area contributed by atoms with E-state index in [1.165, 1.54) is 0 Å². The van der Waals surface area contributed by atoms with Crippen molar-refractivity contribution in [3.63, 3.8) is 0 Å². The Labute approximate surface area is 92.2 Å². The van der Waals surface area contributed by atoms with Gasteiger partial charge in [-0.3, -0.25) is 0 Å². The van der Waals surface area contributed by atoms with Crippen LogP contribution in [-0.2, 0) is 9.53 Å². The molecule has 1 aromatic rings. The third-order valence-corrected chi connectivity index (χ3v) is 2.30. The fourth-order valence-corrected chi connectivity index (χ4v) is 1.71. The molecule has 0 bridgehead atoms. The van der Waals surface area contributed by atoms with Gasteiger partial charge < -0.3 is 9.84 Å². The molecule has 0 aliphatic carbocycles. The molecule has 1 aliphatic rings. The average molecular weight is 217 g/mol. The lowest BCUT2D eigenvalue weighted by Crippen LogP contribution is -2.24. The zero-order valence-electron chi connectivity index (χ0n) is 9.07. The summed E-state index contributed by atoms with van der Waals surface area (Å²) < 4.78 is 5.32. The van der Waals surface area contributed by atoms with Crippen LogP contribution in [0.25, 0.3) is 5.76 Å². The minimum absolute atomic E-state index is 0.0763. The summed E-state index contributed by atoms with van der Waals surface area (Å²) in [5, 5.41) is 10.9. The number of ether oxygens (including phenoxy) is 1. The maximum atomic E-state index is 10.7. The molecule has 16 heavy (non-hydrogen) atoms. The van der Waals surface area contributed by atoms with E-state index in [1.807, 2.05) is 6.92 Å². The standard InChI is InChI=1S/C12H11NO3/c1-3-16-12-9(6-14)13-8-4-7(2)5-10(15)11(8)12/h4-5,15H,3H2,1-2H3. The van der Waals surface area contributed by atoms with Gasteiger partial charge in [-0.1, -0.05) is 0 Å². The monoisotopic (exact) mass is 217 g/mol. The van der Waals surface area contributed by atoms with Crippen molar-refractivity contribution in [2.75, 3.05) is 6.61 Å². The van der Waals surface area contributed by atoms with Gasteiger partial charge in [-0.05, 0) is 31.5 Å². The molecule has 1 N–H and O–H groups in total. The Morgan fingerprint density at radius 2 is 2.25 bits per heavy atom. The smallest absolute Gasteiger partial charge is 0.190 e. The van der Waals surface area contributed by atoms with E-state index in [0.29, 0.717) is 22.9 Å². The third kappa shape index (κ3) is 1.49. The van der Waals surface area contributed by atoms with Crippen molar-refractivity contribution >= 4 is 11.7 Å². The zero-order chi connectivity index (χ0) is 11.7. The van der Waals surface area contributed by atoms with E-state index < -0.39 is 0 Å². The number of fused-ring (bicyclic) bond motifs is 1. The van der Waals surface area contributed by atoms with Gasteiger partial charge in [0.15, 0.2) is 17.4 Å². The van der Waals surface area contributed by atoms with Gasteiger partial charge in [0.25, 0.3) is 0 Å². The van der Waals surface area contributed by atoms with Crippen LogP contribution in [-0.4, -0.2) is 17.7 Å². The molecule has 0 saturated heterocycles. The number of hydrogen-bond acceptors (Lipinski definition) is 4. The van der Waals surface area contributed by atoms with Gasteiger partial charge in [0.05, 0.1) is 17.2 Å². The highest BCUT2D eigenvalue weighted by Crippen LogP contribution is 2.15. The molecule has 0 aromatic heterocycles. The van der Waals surface area contributed by atoms with Crippen molar-refractivity contribution in [3.05, 3.63) is 34.0 Å². The molecule has 4 nitrogen and oxygen atoms in total. The number of rotatable bonds is 2. The third-order valence-electron chi connectivity index (χ3n) is 2.30. The number of nitrogens with zero attached hydrogens (tertiary/aromatic N) is 1. The quantitative estimate of drug-likeness (QED) is 0.720. The molecule has 1 aromatic carbocycles. The molecule has 0 saturated carbocycles. The highest BCUT2D eigenvalue weighted by atomic mass is 16.5. The van der Waals surface area contributed by atoms with Crippen LogP contribution < -0.4 is 10.6 Å². The number of aromatic hydroxyl groups is 1. The molecular formula is C12H11NO3. The maximum Gasteiger partial charge on any atom is 0.190 e. The predicted molar refractivity (Wildman–Crippen MR) is 57.9 cm³/mol. The average Bonchev–Trinajstić information content (AvgIpc) is 2.57. The van der Waals surface area contributed by atoms with Gasteiger partial charge in [-0.2, -0.15) is 0 Å². The van der Waals surface area contributed by atoms with E-state index in [0.717, 1.165) is 5.56 Å². The Morgan fingerprint density at radius 1 is 1.50 bits per heavy atom. The molecule has 0 radical (unpaired) electrons. The second kappa shape index (κ2) is 3.83. The van der Waals surface area contributed by atoms with Gasteiger partial charge in [-0.15, -0.1) is 0 Å². The van der Waals surface area contributed by atoms with Crippen LogP contribution in [0.15, 0.2) is 22.8 Å². The van der Waals surface area contributed by atoms with Crippen LogP contribution in [0.3, 0.4) is 0 Å². The van der Waals surface area contributed by atoms with Crippen molar-refractivity contribution in [2.24, 2.45) is 4.99 Å². The fourth-order valence-electron chi connectivity index (χ4n) is 1.71. The number of aryl methyl sites for hydroxylation is 1. The highest BCUT2D eigenvalue weighted by Gasteiger charge is 2.18. The van der Waals surface area contributed by atoms with Crippen molar-refractivity contribution in [1.29, 1.82) is 0 Å². The van der Waals surface area contributed by atoms with Crippen LogP contribution in [0.1, 0.15) is 12.5 Å². The van der Waals surface area contributed by atoms with E-state index in [-0.39, 0.29) is 11.4 Å². The largest absolute Gasteiger partial charge is 0.507 e. The molecule has 4 heteroatoms. The van der Waals surface area contributed by atoms with Crippen molar-refractivity contribution in [3.8, 4) is 5.75 Å². The van der Waals surface area contributed by atoms with E-state index in [4.69, 9.17) is 4.74 Å². The number of hydrogen-bond donors (Lipinski definition) is 1. The number of phenols is 1. The van der Waals surface area contributed by atoms with Crippen LogP contribution in [0, 0.1) is 6.92 Å². The summed E-state index contributed by atoms with van der Waals surface area (Å²) in [6.45, 7) is 4.06. The van der Waals surface area contributed by atoms with Crippen LogP contribution in [0.5, 0.6) is 5.75 Å². The lowest BCUT2D eigenvalue weighted by Gasteiger charge is -2.02. The van der Waals surface area contributed by atoms with E-state index in [9.17, 15) is 9.90 Å². The molecule has 0 spiro atoms. The summed E-state index contributed by atoms with van der Waals surface area (Å²) in [7, 11) is 0. The Morgan fingerprint density at radius 3 is 2.88 bits per heavy atom. The van der Waals surface area contributed by atoms with E-state index in [2.05, 4.69) is 4.99 Å². The van der Waals surface area contributed by atoms with Crippen molar-refractivity contribution < 1.29 is 14.6 Å². The van der Waals surface area contributed by atoms with Gasteiger partial charge in [0, 0.05) is 0 Å². The topological polar surface area (TPSA) is 58.9 Å². The van der Waals surface area contributed by atoms with E-state index in [1.54, 1.807) is 25.0 Å². The molecular weight excluding hydrogens is 206 g/mol. The summed E-state index contributed by atoms with van der Waals surface area (Å²) in [4.78, 5) is 14.8. The first-order valence-corrected chi connectivity index (χ1v) is 4.98. The number of carbonyl (C=O) groups excluding carboxylic acids is 1. The number of benzene rings is 1. The van der Waals surface area contributed by atoms with Crippen molar-refractivity contribution in [1.82, 2.24) is 0 Å². The lowest BCUT2D eigenvalue weighted by atomic mass is 10.2. The predicted octanol–water partition coefficient (Wildman–Crippen LogP) is 0.194. The molecule has 0 atom stereocenters. The summed E-state index contributed by atoms with van der Waals surface area (Å²) in [6.07, 6.45) is 0. The van der Waals surface area contributed by atoms with Crippen LogP contribution in [0.2, 0.25) is 0 Å². The Hall–Kier alpha value is -2.06. The van der Waals surface area contributed by atoms with Crippen LogP contribution >= 0.6 is 0 Å². The molecule has 0 fully saturated rings. The molecule has 2 rings (SSSR count). The Balaban J connectivity index is 2.87. The first-order chi connectivity index (χ1) is 7.67. The summed E-state index contributed by atoms with van der Waals surface area (Å²) in [5.74, 6) is 2.11. The van der Waals surface area contributed by atoms with Crippen LogP contribution in [0.4, 0.5) is 0 Å². The van der Waals surface area contributed by atoms with Gasteiger partial charge in [0.1, 0.15) is 5.75 Å². The van der Waals surface area contributed by atoms with Gasteiger partial charge >= 0.3 is 0 Å². The second-order valence-corrected chi connectivity index (χ2v) is 3.50. The Kier molecular flexibility index (Phi) is 2.50. The zero-order valence-corrected chi connectivity index (χ0v) is 9.07. The molecule has 1 aliphatic heterocycles. The first-order valence-electron chi connectivity index (χ1n) is 4.98. The molecule has 1 heterocycles. The molecule has 82 valence electrons. The Bertz CT molecular complexity index is 610. The molecule has 0 unspecified atom stereocenters. The first kappa shape index (κ1) is 10.5. The van der Waals surface area contributed by atoms with Crippen molar-refractivity contribution in [2.45, 2.75) is 13.8 Å².